The minimum atomic E-state index is -0.161. The van der Waals surface area contributed by atoms with Crippen LogP contribution in [-0.2, 0) is 0 Å². The van der Waals surface area contributed by atoms with Gasteiger partial charge >= 0.3 is 0 Å². The summed E-state index contributed by atoms with van der Waals surface area (Å²) in [5.41, 5.74) is 6.35. The van der Waals surface area contributed by atoms with E-state index in [4.69, 9.17) is 22.1 Å². The zero-order valence-corrected chi connectivity index (χ0v) is 15.2. The van der Waals surface area contributed by atoms with Crippen molar-refractivity contribution in [3.8, 4) is 5.88 Å². The summed E-state index contributed by atoms with van der Waals surface area (Å²) in [6, 6.07) is 2.06. The Kier molecular flexibility index (Phi) is 6.25. The van der Waals surface area contributed by atoms with Gasteiger partial charge < -0.3 is 15.8 Å². The third kappa shape index (κ3) is 4.77. The smallest absolute Gasteiger partial charge is 0.257 e. The standard InChI is InChI=1S/C17H24ClN3O2S/c18-11-9-15(16(22)21-13-3-1-12(19)2-4-13)17(20-10-11)23-14-5-7-24-8-6-14/h9-10,12-14H,1-8,19H2,(H,21,22). The molecule has 1 aromatic heterocycles. The summed E-state index contributed by atoms with van der Waals surface area (Å²) in [4.78, 5) is 16.9. The van der Waals surface area contributed by atoms with Crippen molar-refractivity contribution in [2.24, 2.45) is 5.73 Å². The number of hydrogen-bond donors (Lipinski definition) is 2. The Labute approximate surface area is 152 Å². The normalized spacial score (nSPS) is 25.2. The largest absolute Gasteiger partial charge is 0.474 e. The molecule has 3 rings (SSSR count). The molecule has 1 saturated heterocycles. The average molecular weight is 370 g/mol. The first-order chi connectivity index (χ1) is 11.6. The zero-order valence-electron chi connectivity index (χ0n) is 13.7. The van der Waals surface area contributed by atoms with Crippen LogP contribution in [0.5, 0.6) is 5.88 Å². The van der Waals surface area contributed by atoms with Crippen LogP contribution >= 0.6 is 23.4 Å². The molecule has 0 bridgehead atoms. The Morgan fingerprint density at radius 2 is 1.96 bits per heavy atom. The van der Waals surface area contributed by atoms with Crippen molar-refractivity contribution >= 4 is 29.3 Å². The summed E-state index contributed by atoms with van der Waals surface area (Å²) in [6.07, 6.45) is 7.34. The van der Waals surface area contributed by atoms with Crippen LogP contribution in [0.3, 0.4) is 0 Å². The molecular formula is C17H24ClN3O2S. The zero-order chi connectivity index (χ0) is 16.9. The van der Waals surface area contributed by atoms with E-state index in [0.29, 0.717) is 16.5 Å². The van der Waals surface area contributed by atoms with Crippen molar-refractivity contribution in [3.63, 3.8) is 0 Å². The van der Waals surface area contributed by atoms with E-state index in [2.05, 4.69) is 10.3 Å². The van der Waals surface area contributed by atoms with Crippen molar-refractivity contribution < 1.29 is 9.53 Å². The van der Waals surface area contributed by atoms with Crippen LogP contribution in [0.1, 0.15) is 48.9 Å². The van der Waals surface area contributed by atoms with Crippen molar-refractivity contribution in [2.75, 3.05) is 11.5 Å². The molecule has 0 atom stereocenters. The van der Waals surface area contributed by atoms with E-state index in [9.17, 15) is 4.79 Å². The van der Waals surface area contributed by atoms with Gasteiger partial charge in [-0.3, -0.25) is 4.79 Å². The Balaban J connectivity index is 1.68. The molecule has 1 amide bonds. The van der Waals surface area contributed by atoms with E-state index in [1.807, 2.05) is 11.8 Å². The summed E-state index contributed by atoms with van der Waals surface area (Å²) in [5.74, 6) is 2.40. The Hall–Kier alpha value is -0.980. The maximum absolute atomic E-state index is 12.7. The van der Waals surface area contributed by atoms with Crippen LogP contribution in [0.25, 0.3) is 0 Å². The van der Waals surface area contributed by atoms with E-state index in [-0.39, 0.29) is 24.1 Å². The van der Waals surface area contributed by atoms with E-state index in [0.717, 1.165) is 50.0 Å². The number of amides is 1. The monoisotopic (exact) mass is 369 g/mol. The van der Waals surface area contributed by atoms with Crippen molar-refractivity contribution in [1.29, 1.82) is 0 Å². The molecule has 132 valence electrons. The number of nitrogens with zero attached hydrogens (tertiary/aromatic N) is 1. The van der Waals surface area contributed by atoms with Crippen LogP contribution in [0, 0.1) is 0 Å². The quantitative estimate of drug-likeness (QED) is 0.853. The Morgan fingerprint density at radius 3 is 2.67 bits per heavy atom. The van der Waals surface area contributed by atoms with Gasteiger partial charge in [-0.15, -0.1) is 0 Å². The minimum Gasteiger partial charge on any atom is -0.474 e. The van der Waals surface area contributed by atoms with Gasteiger partial charge in [0.05, 0.1) is 5.02 Å². The van der Waals surface area contributed by atoms with Gasteiger partial charge in [-0.2, -0.15) is 11.8 Å². The Morgan fingerprint density at radius 1 is 1.25 bits per heavy atom. The van der Waals surface area contributed by atoms with Gasteiger partial charge in [0.1, 0.15) is 11.7 Å². The summed E-state index contributed by atoms with van der Waals surface area (Å²) in [6.45, 7) is 0. The lowest BCUT2D eigenvalue weighted by Gasteiger charge is -2.27. The highest BCUT2D eigenvalue weighted by Crippen LogP contribution is 2.26. The lowest BCUT2D eigenvalue weighted by molar-refractivity contribution is 0.0915. The van der Waals surface area contributed by atoms with E-state index >= 15 is 0 Å². The molecule has 1 aromatic rings. The van der Waals surface area contributed by atoms with Crippen LogP contribution in [0.4, 0.5) is 0 Å². The van der Waals surface area contributed by atoms with Gasteiger partial charge in [-0.25, -0.2) is 4.98 Å². The van der Waals surface area contributed by atoms with Crippen molar-refractivity contribution in [1.82, 2.24) is 10.3 Å². The number of halogens is 1. The minimum absolute atomic E-state index is 0.124. The van der Waals surface area contributed by atoms with Gasteiger partial charge in [0.2, 0.25) is 5.88 Å². The third-order valence-corrected chi connectivity index (χ3v) is 5.87. The number of nitrogens with one attached hydrogen (secondary N) is 1. The highest BCUT2D eigenvalue weighted by Gasteiger charge is 2.24. The second-order valence-corrected chi connectivity index (χ2v) is 8.18. The fourth-order valence-electron chi connectivity index (χ4n) is 3.16. The van der Waals surface area contributed by atoms with Gasteiger partial charge in [0.15, 0.2) is 0 Å². The number of carbonyl (C=O) groups excluding carboxylic acids is 1. The highest BCUT2D eigenvalue weighted by molar-refractivity contribution is 7.99. The Bertz CT molecular complexity index is 573. The number of carbonyl (C=O) groups is 1. The number of rotatable bonds is 4. The predicted octanol–water partition coefficient (Wildman–Crippen LogP) is 3.01. The van der Waals surface area contributed by atoms with Crippen LogP contribution in [-0.4, -0.2) is 40.6 Å². The molecular weight excluding hydrogens is 346 g/mol. The average Bonchev–Trinajstić information content (AvgIpc) is 2.59. The lowest BCUT2D eigenvalue weighted by Crippen LogP contribution is -2.40. The van der Waals surface area contributed by atoms with E-state index < -0.39 is 0 Å². The maximum Gasteiger partial charge on any atom is 0.257 e. The first-order valence-corrected chi connectivity index (χ1v) is 10.1. The van der Waals surface area contributed by atoms with Crippen LogP contribution < -0.4 is 15.8 Å². The number of ether oxygens (including phenoxy) is 1. The molecule has 0 aromatic carbocycles. The first kappa shape index (κ1) is 17.8. The second-order valence-electron chi connectivity index (χ2n) is 6.52. The summed E-state index contributed by atoms with van der Waals surface area (Å²) >= 11 is 7.98. The fraction of sp³-hybridized carbons (Fsp3) is 0.647. The molecule has 5 nitrogen and oxygen atoms in total. The maximum atomic E-state index is 12.7. The molecule has 2 aliphatic rings. The third-order valence-electron chi connectivity index (χ3n) is 4.62. The molecule has 2 fully saturated rings. The first-order valence-electron chi connectivity index (χ1n) is 8.58. The topological polar surface area (TPSA) is 77.2 Å². The predicted molar refractivity (Wildman–Crippen MR) is 97.9 cm³/mol. The number of nitrogens with two attached hydrogens (primary N) is 1. The summed E-state index contributed by atoms with van der Waals surface area (Å²) in [5, 5.41) is 3.53. The van der Waals surface area contributed by atoms with Crippen molar-refractivity contribution in [3.05, 3.63) is 22.8 Å². The molecule has 1 aliphatic heterocycles. The molecule has 3 N–H and O–H groups in total. The molecule has 0 spiro atoms. The second kappa shape index (κ2) is 8.41. The van der Waals surface area contributed by atoms with E-state index in [1.54, 1.807) is 6.07 Å². The molecule has 24 heavy (non-hydrogen) atoms. The van der Waals surface area contributed by atoms with Gasteiger partial charge in [-0.1, -0.05) is 11.6 Å². The molecule has 0 radical (unpaired) electrons. The van der Waals surface area contributed by atoms with Crippen LogP contribution in [0.15, 0.2) is 12.3 Å². The highest BCUT2D eigenvalue weighted by atomic mass is 35.5. The number of hydrogen-bond acceptors (Lipinski definition) is 5. The molecule has 7 heteroatoms. The van der Waals surface area contributed by atoms with E-state index in [1.165, 1.54) is 6.20 Å². The van der Waals surface area contributed by atoms with Crippen LogP contribution in [0.2, 0.25) is 5.02 Å². The number of pyridine rings is 1. The van der Waals surface area contributed by atoms with Crippen molar-refractivity contribution in [2.45, 2.75) is 56.7 Å². The SMILES string of the molecule is NC1CCC(NC(=O)c2cc(Cl)cnc2OC2CCSCC2)CC1. The molecule has 1 aliphatic carbocycles. The summed E-state index contributed by atoms with van der Waals surface area (Å²) < 4.78 is 6.00. The fourth-order valence-corrected chi connectivity index (χ4v) is 4.38. The summed E-state index contributed by atoms with van der Waals surface area (Å²) in [7, 11) is 0. The van der Waals surface area contributed by atoms with Gasteiger partial charge in [-0.05, 0) is 56.1 Å². The molecule has 2 heterocycles. The number of aromatic nitrogens is 1. The van der Waals surface area contributed by atoms with Gasteiger partial charge in [0, 0.05) is 18.3 Å². The lowest BCUT2D eigenvalue weighted by atomic mass is 9.91. The number of thioether (sulfide) groups is 1. The molecule has 0 unspecified atom stereocenters. The molecule has 1 saturated carbocycles. The van der Waals surface area contributed by atoms with Gasteiger partial charge in [0.25, 0.3) is 5.91 Å².